The number of esters is 2. The summed E-state index contributed by atoms with van der Waals surface area (Å²) in [4.78, 5) is 34.9. The number of carbonyl (C=O) groups excluding carboxylic acids is 2. The summed E-state index contributed by atoms with van der Waals surface area (Å²) in [5.74, 6) is -0.913. The smallest absolute Gasteiger partial charge is 0.462 e. The Balaban J connectivity index is 4.20. The molecule has 2 unspecified atom stereocenters. The van der Waals surface area contributed by atoms with E-state index in [4.69, 9.17) is 24.3 Å². The molecule has 61 heavy (non-hydrogen) atoms. The first kappa shape index (κ1) is 57.9. The zero-order valence-corrected chi connectivity index (χ0v) is 39.3. The minimum absolute atomic E-state index is 0.0379. The second kappa shape index (κ2) is 46.4. The van der Waals surface area contributed by atoms with E-state index >= 15 is 0 Å². The quantitative estimate of drug-likeness (QED) is 0.0266. The summed E-state index contributed by atoms with van der Waals surface area (Å²) in [6, 6.07) is 0. The van der Waals surface area contributed by atoms with Crippen LogP contribution >= 0.6 is 7.82 Å². The van der Waals surface area contributed by atoms with Crippen molar-refractivity contribution < 1.29 is 37.6 Å². The highest BCUT2D eigenvalue weighted by Crippen LogP contribution is 2.43. The fourth-order valence-electron chi connectivity index (χ4n) is 5.97. The molecule has 2 atom stereocenters. The predicted molar refractivity (Wildman–Crippen MR) is 256 cm³/mol. The van der Waals surface area contributed by atoms with E-state index < -0.39 is 32.5 Å². The fraction of sp³-hybridized carbons (Fsp3) is 0.647. The largest absolute Gasteiger partial charge is 0.472 e. The molecule has 0 aromatic rings. The Hall–Kier alpha value is -3.07. The van der Waals surface area contributed by atoms with Crippen LogP contribution in [0, 0.1) is 0 Å². The number of carbonyl (C=O) groups is 2. The van der Waals surface area contributed by atoms with Gasteiger partial charge in [0.25, 0.3) is 0 Å². The molecule has 3 N–H and O–H groups in total. The van der Waals surface area contributed by atoms with E-state index in [1.165, 1.54) is 64.2 Å². The fourth-order valence-corrected chi connectivity index (χ4v) is 6.74. The molecule has 0 radical (unpaired) electrons. The first-order chi connectivity index (χ1) is 29.8. The summed E-state index contributed by atoms with van der Waals surface area (Å²) in [6.07, 6.45) is 60.2. The second-order valence-corrected chi connectivity index (χ2v) is 16.7. The molecule has 0 heterocycles. The monoisotopic (exact) mass is 872 g/mol. The second-order valence-electron chi connectivity index (χ2n) is 15.2. The molecule has 0 aromatic carbocycles. The maximum Gasteiger partial charge on any atom is 0.472 e. The van der Waals surface area contributed by atoms with Crippen LogP contribution in [0.1, 0.15) is 181 Å². The highest BCUT2D eigenvalue weighted by Gasteiger charge is 2.25. The van der Waals surface area contributed by atoms with Crippen molar-refractivity contribution in [1.29, 1.82) is 0 Å². The van der Waals surface area contributed by atoms with Crippen LogP contribution in [0.2, 0.25) is 0 Å². The number of phosphoric acid groups is 1. The maximum absolute atomic E-state index is 12.6. The van der Waals surface area contributed by atoms with Crippen LogP contribution < -0.4 is 5.73 Å². The molecule has 0 fully saturated rings. The molecule has 0 amide bonds. The number of unbranched alkanes of at least 4 members (excludes halogenated alkanes) is 14. The van der Waals surface area contributed by atoms with Gasteiger partial charge < -0.3 is 20.1 Å². The van der Waals surface area contributed by atoms with Crippen LogP contribution in [0.4, 0.5) is 0 Å². The van der Waals surface area contributed by atoms with Gasteiger partial charge in [0, 0.05) is 19.4 Å². The lowest BCUT2D eigenvalue weighted by Crippen LogP contribution is -2.29. The molecule has 0 bridgehead atoms. The molecule has 0 spiro atoms. The number of hydrogen-bond donors (Lipinski definition) is 2. The Kier molecular flexibility index (Phi) is 44.1. The molecule has 10 heteroatoms. The molecule has 9 nitrogen and oxygen atoms in total. The van der Waals surface area contributed by atoms with Gasteiger partial charge in [-0.2, -0.15) is 0 Å². The van der Waals surface area contributed by atoms with Crippen molar-refractivity contribution in [3.8, 4) is 0 Å². The van der Waals surface area contributed by atoms with Gasteiger partial charge in [-0.1, -0.05) is 175 Å². The van der Waals surface area contributed by atoms with E-state index in [-0.39, 0.29) is 32.6 Å². The van der Waals surface area contributed by atoms with E-state index in [9.17, 15) is 19.0 Å². The van der Waals surface area contributed by atoms with E-state index in [1.54, 1.807) is 0 Å². The molecule has 0 rings (SSSR count). The molecule has 348 valence electrons. The summed E-state index contributed by atoms with van der Waals surface area (Å²) in [7, 11) is -4.40. The molecule has 0 aliphatic rings. The lowest BCUT2D eigenvalue weighted by atomic mass is 10.1. The first-order valence-electron chi connectivity index (χ1n) is 23.7. The molecular weight excluding hydrogens is 786 g/mol. The zero-order valence-electron chi connectivity index (χ0n) is 38.4. The SMILES string of the molecule is CC/C=C\C/C=C\C/C=C\C/C=C\C/C=C\CCCC(=O)OC(COC(=O)CCCCCCCCCC/C=C\C/C=C\C/C=C\CCCCCCC)COP(=O)(O)OCCN. The summed E-state index contributed by atoms with van der Waals surface area (Å²) >= 11 is 0. The maximum atomic E-state index is 12.6. The Labute approximate surface area is 372 Å². The highest BCUT2D eigenvalue weighted by atomic mass is 31.2. The van der Waals surface area contributed by atoms with Crippen molar-refractivity contribution in [2.24, 2.45) is 5.73 Å². The Morgan fingerprint density at radius 3 is 1.39 bits per heavy atom. The molecule has 0 aliphatic carbocycles. The Bertz CT molecular complexity index is 1320. The van der Waals surface area contributed by atoms with Gasteiger partial charge in [-0.05, 0) is 89.9 Å². The van der Waals surface area contributed by atoms with Crippen LogP contribution in [-0.2, 0) is 32.7 Å². The van der Waals surface area contributed by atoms with E-state index in [2.05, 4.69) is 105 Å². The van der Waals surface area contributed by atoms with E-state index in [0.29, 0.717) is 19.3 Å². The number of phosphoric ester groups is 1. The topological polar surface area (TPSA) is 134 Å². The molecule has 0 saturated carbocycles. The van der Waals surface area contributed by atoms with Crippen LogP contribution in [0.15, 0.2) is 97.2 Å². The minimum atomic E-state index is -4.40. The number of hydrogen-bond acceptors (Lipinski definition) is 8. The lowest BCUT2D eigenvalue weighted by molar-refractivity contribution is -0.161. The van der Waals surface area contributed by atoms with Crippen LogP contribution in [0.5, 0.6) is 0 Å². The van der Waals surface area contributed by atoms with Gasteiger partial charge in [0.05, 0.1) is 13.2 Å². The van der Waals surface area contributed by atoms with Crippen molar-refractivity contribution in [2.45, 2.75) is 187 Å². The van der Waals surface area contributed by atoms with Gasteiger partial charge in [-0.15, -0.1) is 0 Å². The lowest BCUT2D eigenvalue weighted by Gasteiger charge is -2.19. The molecule has 0 aromatic heterocycles. The van der Waals surface area contributed by atoms with Crippen molar-refractivity contribution >= 4 is 19.8 Å². The van der Waals surface area contributed by atoms with Gasteiger partial charge in [-0.3, -0.25) is 18.6 Å². The van der Waals surface area contributed by atoms with Gasteiger partial charge in [-0.25, -0.2) is 4.57 Å². The third-order valence-electron chi connectivity index (χ3n) is 9.45. The van der Waals surface area contributed by atoms with Crippen LogP contribution in [0.3, 0.4) is 0 Å². The van der Waals surface area contributed by atoms with Gasteiger partial charge in [0.15, 0.2) is 6.10 Å². The summed E-state index contributed by atoms with van der Waals surface area (Å²) in [5.41, 5.74) is 5.35. The standard InChI is InChI=1S/C51H86NO8P/c1-3-5-7-9-11-13-15-17-19-21-22-23-24-25-26-28-29-31-33-35-37-39-41-43-50(53)57-47-49(48-59-61(55,56)58-46-45-52)60-51(54)44-42-40-38-36-34-32-30-27-20-18-16-14-12-10-8-6-4-2/h6,8,12,14-15,17-18,20-22,24-25,30,32,36,38,49H,3-5,7,9-11,13,16,19,23,26-29,31,33-35,37,39-48,52H2,1-2H3,(H,55,56)/b8-6-,14-12-,17-15-,20-18-,22-21-,25-24-,32-30-,38-36-. The molecular formula is C51H86NO8P. The van der Waals surface area contributed by atoms with Crippen molar-refractivity contribution in [3.05, 3.63) is 97.2 Å². The third-order valence-corrected chi connectivity index (χ3v) is 10.4. The van der Waals surface area contributed by atoms with Crippen LogP contribution in [-0.4, -0.2) is 49.3 Å². The average molecular weight is 872 g/mol. The number of ether oxygens (including phenoxy) is 2. The summed E-state index contributed by atoms with van der Waals surface area (Å²) in [6.45, 7) is 3.52. The first-order valence-corrected chi connectivity index (χ1v) is 25.2. The minimum Gasteiger partial charge on any atom is -0.462 e. The summed E-state index contributed by atoms with van der Waals surface area (Å²) < 4.78 is 32.8. The Morgan fingerprint density at radius 1 is 0.508 bits per heavy atom. The molecule has 0 aliphatic heterocycles. The normalized spacial score (nSPS) is 14.1. The van der Waals surface area contributed by atoms with Crippen LogP contribution in [0.25, 0.3) is 0 Å². The third kappa shape index (κ3) is 46.3. The zero-order chi connectivity index (χ0) is 44.6. The number of rotatable bonds is 43. The van der Waals surface area contributed by atoms with E-state index in [1.807, 2.05) is 6.08 Å². The average Bonchev–Trinajstić information content (AvgIpc) is 3.25. The van der Waals surface area contributed by atoms with Crippen molar-refractivity contribution in [2.75, 3.05) is 26.4 Å². The number of allylic oxidation sites excluding steroid dienone is 16. The highest BCUT2D eigenvalue weighted by molar-refractivity contribution is 7.47. The summed E-state index contributed by atoms with van der Waals surface area (Å²) in [5, 5.41) is 0. The Morgan fingerprint density at radius 2 is 0.918 bits per heavy atom. The van der Waals surface area contributed by atoms with Crippen molar-refractivity contribution in [1.82, 2.24) is 0 Å². The molecule has 0 saturated heterocycles. The number of nitrogens with two attached hydrogens (primary N) is 1. The van der Waals surface area contributed by atoms with Gasteiger partial charge in [0.1, 0.15) is 6.61 Å². The van der Waals surface area contributed by atoms with Gasteiger partial charge in [0.2, 0.25) is 0 Å². The van der Waals surface area contributed by atoms with Gasteiger partial charge >= 0.3 is 19.8 Å². The van der Waals surface area contributed by atoms with E-state index in [0.717, 1.165) is 70.6 Å². The predicted octanol–water partition coefficient (Wildman–Crippen LogP) is 14.2. The van der Waals surface area contributed by atoms with Crippen molar-refractivity contribution in [3.63, 3.8) is 0 Å².